The van der Waals surface area contributed by atoms with Gasteiger partial charge in [0, 0.05) is 67.4 Å². The minimum atomic E-state index is 0.0256. The molecular weight excluding hydrogens is 412 g/mol. The highest BCUT2D eigenvalue weighted by atomic mass is 16.2. The standard InChI is InChI=1S/C26H32N6O/c1-17-5-4-6-18(2)22(17)15-31-11-8-21(14-31)28-26(33)32-12-9-24-23(16-32)25(30-29-24)20-7-10-27-19(3)13-20/h4-7,10,13,21H,8-9,11-12,14-16H2,1-3H3,(H,28,33)(H,29,30). The maximum atomic E-state index is 13.1. The normalized spacial score (nSPS) is 18.4. The van der Waals surface area contributed by atoms with Crippen LogP contribution >= 0.6 is 0 Å². The lowest BCUT2D eigenvalue weighted by Crippen LogP contribution is -2.47. The Hall–Kier alpha value is -3.19. The van der Waals surface area contributed by atoms with Crippen molar-refractivity contribution in [2.75, 3.05) is 19.6 Å². The van der Waals surface area contributed by atoms with Gasteiger partial charge in [0.2, 0.25) is 0 Å². The summed E-state index contributed by atoms with van der Waals surface area (Å²) in [5.41, 5.74) is 9.26. The predicted molar refractivity (Wildman–Crippen MR) is 129 cm³/mol. The highest BCUT2D eigenvalue weighted by Crippen LogP contribution is 2.28. The van der Waals surface area contributed by atoms with Gasteiger partial charge in [-0.3, -0.25) is 15.0 Å². The number of pyridine rings is 1. The molecule has 1 aromatic carbocycles. The van der Waals surface area contributed by atoms with E-state index in [1.807, 2.05) is 30.2 Å². The smallest absolute Gasteiger partial charge is 0.317 e. The van der Waals surface area contributed by atoms with E-state index in [2.05, 4.69) is 57.4 Å². The number of aromatic amines is 1. The SMILES string of the molecule is Cc1cc(-c2n[nH]c3c2CN(C(=O)NC2CCN(Cc4c(C)cccc4C)C2)CC3)ccn1. The van der Waals surface area contributed by atoms with Gasteiger partial charge < -0.3 is 10.2 Å². The average molecular weight is 445 g/mol. The predicted octanol–water partition coefficient (Wildman–Crippen LogP) is 3.74. The molecule has 2 aliphatic rings. The number of likely N-dealkylation sites (tertiary alicyclic amines) is 1. The van der Waals surface area contributed by atoms with E-state index in [0.717, 1.165) is 60.7 Å². The first-order chi connectivity index (χ1) is 16.0. The molecule has 1 unspecified atom stereocenters. The topological polar surface area (TPSA) is 77.2 Å². The molecule has 1 atom stereocenters. The number of rotatable bonds is 4. The summed E-state index contributed by atoms with van der Waals surface area (Å²) >= 11 is 0. The third-order valence-electron chi connectivity index (χ3n) is 7.02. The summed E-state index contributed by atoms with van der Waals surface area (Å²) < 4.78 is 0. The van der Waals surface area contributed by atoms with E-state index < -0.39 is 0 Å². The van der Waals surface area contributed by atoms with Gasteiger partial charge >= 0.3 is 6.03 Å². The molecule has 1 fully saturated rings. The van der Waals surface area contributed by atoms with Crippen LogP contribution in [0.4, 0.5) is 4.79 Å². The number of hydrogen-bond donors (Lipinski definition) is 2. The Morgan fingerprint density at radius 3 is 2.79 bits per heavy atom. The molecule has 5 rings (SSSR count). The average Bonchev–Trinajstić information content (AvgIpc) is 3.42. The van der Waals surface area contributed by atoms with Crippen LogP contribution in [-0.2, 0) is 19.5 Å². The third kappa shape index (κ3) is 4.50. The molecule has 0 spiro atoms. The molecule has 0 aliphatic carbocycles. The number of benzene rings is 1. The van der Waals surface area contributed by atoms with E-state index >= 15 is 0 Å². The molecule has 2 aliphatic heterocycles. The molecular formula is C26H32N6O. The van der Waals surface area contributed by atoms with E-state index in [1.54, 1.807) is 0 Å². The van der Waals surface area contributed by atoms with Crippen LogP contribution in [0.3, 0.4) is 0 Å². The highest BCUT2D eigenvalue weighted by Gasteiger charge is 2.29. The first-order valence-electron chi connectivity index (χ1n) is 11.8. The summed E-state index contributed by atoms with van der Waals surface area (Å²) in [6.45, 7) is 10.5. The molecule has 4 heterocycles. The molecule has 7 heteroatoms. The van der Waals surface area contributed by atoms with E-state index in [9.17, 15) is 4.79 Å². The number of urea groups is 1. The van der Waals surface area contributed by atoms with Gasteiger partial charge in [-0.25, -0.2) is 4.79 Å². The van der Waals surface area contributed by atoms with Gasteiger partial charge in [-0.1, -0.05) is 18.2 Å². The van der Waals surface area contributed by atoms with Gasteiger partial charge in [-0.15, -0.1) is 0 Å². The third-order valence-corrected chi connectivity index (χ3v) is 7.02. The minimum absolute atomic E-state index is 0.0256. The van der Waals surface area contributed by atoms with Crippen LogP contribution in [-0.4, -0.2) is 56.7 Å². The van der Waals surface area contributed by atoms with E-state index in [0.29, 0.717) is 13.1 Å². The number of fused-ring (bicyclic) bond motifs is 1. The van der Waals surface area contributed by atoms with Crippen LogP contribution < -0.4 is 5.32 Å². The number of nitrogens with one attached hydrogen (secondary N) is 2. The molecule has 1 saturated heterocycles. The molecule has 7 nitrogen and oxygen atoms in total. The number of amides is 2. The Kier molecular flexibility index (Phi) is 5.89. The van der Waals surface area contributed by atoms with Gasteiger partial charge in [0.1, 0.15) is 0 Å². The largest absolute Gasteiger partial charge is 0.334 e. The highest BCUT2D eigenvalue weighted by molar-refractivity contribution is 5.76. The van der Waals surface area contributed by atoms with Crippen molar-refractivity contribution in [3.05, 3.63) is 70.2 Å². The number of hydrogen-bond acceptors (Lipinski definition) is 4. The van der Waals surface area contributed by atoms with Crippen molar-refractivity contribution < 1.29 is 4.79 Å². The lowest BCUT2D eigenvalue weighted by atomic mass is 10.0. The number of aryl methyl sites for hydroxylation is 3. The van der Waals surface area contributed by atoms with Gasteiger partial charge in [0.15, 0.2) is 0 Å². The number of H-pyrrole nitrogens is 1. The fourth-order valence-corrected chi connectivity index (χ4v) is 5.08. The van der Waals surface area contributed by atoms with Crippen LogP contribution in [0.5, 0.6) is 0 Å². The van der Waals surface area contributed by atoms with Crippen molar-refractivity contribution in [1.29, 1.82) is 0 Å². The summed E-state index contributed by atoms with van der Waals surface area (Å²) in [6.07, 6.45) is 3.59. The van der Waals surface area contributed by atoms with Crippen LogP contribution in [0.1, 0.15) is 40.1 Å². The van der Waals surface area contributed by atoms with Crippen LogP contribution in [0.25, 0.3) is 11.3 Å². The summed E-state index contributed by atoms with van der Waals surface area (Å²) in [5.74, 6) is 0. The number of nitrogens with zero attached hydrogens (tertiary/aromatic N) is 4. The molecule has 0 saturated carbocycles. The zero-order valence-electron chi connectivity index (χ0n) is 19.7. The number of carbonyl (C=O) groups excluding carboxylic acids is 1. The van der Waals surface area contributed by atoms with Gasteiger partial charge in [0.05, 0.1) is 12.2 Å². The fourth-order valence-electron chi connectivity index (χ4n) is 5.08. The monoisotopic (exact) mass is 444 g/mol. The minimum Gasteiger partial charge on any atom is -0.334 e. The van der Waals surface area contributed by atoms with E-state index in [1.165, 1.54) is 16.7 Å². The Bertz CT molecular complexity index is 1150. The Labute approximate surface area is 195 Å². The first-order valence-corrected chi connectivity index (χ1v) is 11.8. The maximum Gasteiger partial charge on any atom is 0.317 e. The van der Waals surface area contributed by atoms with E-state index in [4.69, 9.17) is 0 Å². The zero-order chi connectivity index (χ0) is 22.9. The van der Waals surface area contributed by atoms with Crippen molar-refractivity contribution >= 4 is 6.03 Å². The van der Waals surface area contributed by atoms with E-state index in [-0.39, 0.29) is 12.1 Å². The second-order valence-corrected chi connectivity index (χ2v) is 9.43. The van der Waals surface area contributed by atoms with Crippen molar-refractivity contribution in [2.45, 2.75) is 52.7 Å². The molecule has 0 radical (unpaired) electrons. The van der Waals surface area contributed by atoms with Crippen molar-refractivity contribution in [3.63, 3.8) is 0 Å². The lowest BCUT2D eigenvalue weighted by molar-refractivity contribution is 0.188. The molecule has 172 valence electrons. The number of carbonyl (C=O) groups is 1. The van der Waals surface area contributed by atoms with Gasteiger partial charge in [0.25, 0.3) is 0 Å². The van der Waals surface area contributed by atoms with Crippen molar-refractivity contribution in [2.24, 2.45) is 0 Å². The van der Waals surface area contributed by atoms with Gasteiger partial charge in [-0.05, 0) is 56.0 Å². The van der Waals surface area contributed by atoms with Crippen molar-refractivity contribution in [3.8, 4) is 11.3 Å². The summed E-state index contributed by atoms with van der Waals surface area (Å²) in [6, 6.07) is 10.7. The van der Waals surface area contributed by atoms with Crippen molar-refractivity contribution in [1.82, 2.24) is 30.3 Å². The molecule has 0 bridgehead atoms. The quantitative estimate of drug-likeness (QED) is 0.643. The second kappa shape index (κ2) is 8.98. The summed E-state index contributed by atoms with van der Waals surface area (Å²) in [5, 5.41) is 11.0. The van der Waals surface area contributed by atoms with Crippen LogP contribution in [0.2, 0.25) is 0 Å². The van der Waals surface area contributed by atoms with Crippen LogP contribution in [0.15, 0.2) is 36.5 Å². The summed E-state index contributed by atoms with van der Waals surface area (Å²) in [7, 11) is 0. The maximum absolute atomic E-state index is 13.1. The zero-order valence-corrected chi connectivity index (χ0v) is 19.7. The Balaban J connectivity index is 1.21. The second-order valence-electron chi connectivity index (χ2n) is 9.43. The Morgan fingerprint density at radius 1 is 1.18 bits per heavy atom. The molecule has 33 heavy (non-hydrogen) atoms. The molecule has 3 aromatic rings. The van der Waals surface area contributed by atoms with Gasteiger partial charge in [-0.2, -0.15) is 5.10 Å². The molecule has 2 amide bonds. The molecule has 2 aromatic heterocycles. The fraction of sp³-hybridized carbons (Fsp3) is 0.423. The lowest BCUT2D eigenvalue weighted by Gasteiger charge is -2.29. The molecule has 2 N–H and O–H groups in total. The summed E-state index contributed by atoms with van der Waals surface area (Å²) in [4.78, 5) is 21.8. The first kappa shape index (κ1) is 21.6. The Morgan fingerprint density at radius 2 is 2.00 bits per heavy atom. The number of aromatic nitrogens is 3. The van der Waals surface area contributed by atoms with Crippen LogP contribution in [0, 0.1) is 20.8 Å².